The van der Waals surface area contributed by atoms with Gasteiger partial charge in [-0.05, 0) is 12.5 Å². The zero-order chi connectivity index (χ0) is 11.7. The van der Waals surface area contributed by atoms with Crippen LogP contribution in [0.3, 0.4) is 0 Å². The Morgan fingerprint density at radius 1 is 1.50 bits per heavy atom. The van der Waals surface area contributed by atoms with Crippen molar-refractivity contribution in [2.45, 2.75) is 12.5 Å². The van der Waals surface area contributed by atoms with Gasteiger partial charge in [0, 0.05) is 13.1 Å². The van der Waals surface area contributed by atoms with Crippen LogP contribution in [0.5, 0.6) is 0 Å². The fraction of sp³-hybridized carbons (Fsp3) is 0.444. The highest BCUT2D eigenvalue weighted by Gasteiger charge is 2.27. The molecule has 1 atom stereocenters. The largest absolute Gasteiger partial charge is 0.391 e. The quantitative estimate of drug-likeness (QED) is 0.819. The van der Waals surface area contributed by atoms with Crippen LogP contribution in [0.25, 0.3) is 0 Å². The van der Waals surface area contributed by atoms with E-state index in [1.165, 1.54) is 11.0 Å². The maximum atomic E-state index is 12.0. The molecule has 7 heteroatoms. The van der Waals surface area contributed by atoms with Crippen molar-refractivity contribution in [2.24, 2.45) is 0 Å². The number of halogens is 2. The molecule has 0 bridgehead atoms. The molecule has 1 aromatic heterocycles. The van der Waals surface area contributed by atoms with Crippen LogP contribution in [0, 0.1) is 0 Å². The van der Waals surface area contributed by atoms with Gasteiger partial charge in [-0.1, -0.05) is 23.2 Å². The second-order valence-electron chi connectivity index (χ2n) is 3.57. The lowest BCUT2D eigenvalue weighted by molar-refractivity contribution is 0.0764. The van der Waals surface area contributed by atoms with Gasteiger partial charge in [0.2, 0.25) is 0 Å². The normalized spacial score (nSPS) is 20.2. The maximum Gasteiger partial charge on any atom is 0.257 e. The fourth-order valence-corrected chi connectivity index (χ4v) is 1.92. The topological polar surface area (TPSA) is 66.3 Å². The van der Waals surface area contributed by atoms with Crippen molar-refractivity contribution in [3.63, 3.8) is 0 Å². The molecule has 1 aromatic rings. The molecule has 2 rings (SSSR count). The zero-order valence-electron chi connectivity index (χ0n) is 8.23. The van der Waals surface area contributed by atoms with E-state index in [0.717, 1.165) is 0 Å². The van der Waals surface area contributed by atoms with Gasteiger partial charge < -0.3 is 10.0 Å². The van der Waals surface area contributed by atoms with Gasteiger partial charge in [0.25, 0.3) is 5.91 Å². The molecule has 0 aromatic carbocycles. The molecule has 1 fully saturated rings. The number of β-amino-alcohol motifs (C(OH)–C–C–N with tert-alkyl or cyclic N) is 1. The van der Waals surface area contributed by atoms with Gasteiger partial charge >= 0.3 is 0 Å². The first-order valence-corrected chi connectivity index (χ1v) is 5.49. The van der Waals surface area contributed by atoms with Gasteiger partial charge in [-0.15, -0.1) is 10.2 Å². The lowest BCUT2D eigenvalue weighted by Crippen LogP contribution is -2.30. The first-order valence-electron chi connectivity index (χ1n) is 4.74. The second-order valence-corrected chi connectivity index (χ2v) is 4.31. The van der Waals surface area contributed by atoms with Crippen molar-refractivity contribution in [2.75, 3.05) is 13.1 Å². The minimum atomic E-state index is -0.465. The van der Waals surface area contributed by atoms with Gasteiger partial charge in [0.1, 0.15) is 0 Å². The molecule has 1 N–H and O–H groups in total. The first kappa shape index (κ1) is 11.6. The van der Waals surface area contributed by atoms with Gasteiger partial charge in [0.15, 0.2) is 10.3 Å². The summed E-state index contributed by atoms with van der Waals surface area (Å²) in [5.74, 6) is -0.279. The summed E-state index contributed by atoms with van der Waals surface area (Å²) in [6, 6.07) is 1.38. The number of nitrogens with zero attached hydrogens (tertiary/aromatic N) is 3. The van der Waals surface area contributed by atoms with E-state index in [-0.39, 0.29) is 21.8 Å². The van der Waals surface area contributed by atoms with Crippen molar-refractivity contribution < 1.29 is 9.90 Å². The van der Waals surface area contributed by atoms with Crippen LogP contribution in [0.4, 0.5) is 0 Å². The number of likely N-dealkylation sites (tertiary alicyclic amines) is 1. The zero-order valence-corrected chi connectivity index (χ0v) is 9.74. The van der Waals surface area contributed by atoms with Crippen molar-refractivity contribution in [1.29, 1.82) is 0 Å². The van der Waals surface area contributed by atoms with Crippen LogP contribution in [-0.2, 0) is 0 Å². The van der Waals surface area contributed by atoms with Crippen LogP contribution in [0.15, 0.2) is 6.07 Å². The highest BCUT2D eigenvalue weighted by molar-refractivity contribution is 6.34. The van der Waals surface area contributed by atoms with Gasteiger partial charge in [-0.25, -0.2) is 0 Å². The Kier molecular flexibility index (Phi) is 3.28. The minimum Gasteiger partial charge on any atom is -0.391 e. The Balaban J connectivity index is 2.23. The number of rotatable bonds is 1. The molecule has 5 nitrogen and oxygen atoms in total. The number of aromatic nitrogens is 2. The van der Waals surface area contributed by atoms with E-state index in [1.54, 1.807) is 0 Å². The van der Waals surface area contributed by atoms with Crippen molar-refractivity contribution >= 4 is 29.1 Å². The maximum absolute atomic E-state index is 12.0. The Hall–Kier alpha value is -0.910. The Bertz CT molecular complexity index is 427. The standard InChI is InChI=1S/C9H9Cl2N3O2/c10-7-3-6(8(11)13-12-7)9(16)14-2-1-5(15)4-14/h3,5,15H,1-2,4H2/t5-/m1/s1. The molecule has 1 saturated heterocycles. The number of carbonyl (C=O) groups is 1. The molecular formula is C9H9Cl2N3O2. The number of carbonyl (C=O) groups excluding carboxylic acids is 1. The van der Waals surface area contributed by atoms with E-state index in [0.29, 0.717) is 19.5 Å². The lowest BCUT2D eigenvalue weighted by Gasteiger charge is -2.15. The van der Waals surface area contributed by atoms with E-state index < -0.39 is 6.10 Å². The number of amides is 1. The highest BCUT2D eigenvalue weighted by atomic mass is 35.5. The van der Waals surface area contributed by atoms with E-state index in [9.17, 15) is 9.90 Å². The number of hydrogen-bond donors (Lipinski definition) is 1. The first-order chi connectivity index (χ1) is 7.58. The molecule has 86 valence electrons. The Morgan fingerprint density at radius 3 is 2.88 bits per heavy atom. The molecule has 1 amide bonds. The van der Waals surface area contributed by atoms with Gasteiger partial charge in [-0.3, -0.25) is 4.79 Å². The van der Waals surface area contributed by atoms with E-state index >= 15 is 0 Å². The Morgan fingerprint density at radius 2 is 2.25 bits per heavy atom. The average molecular weight is 262 g/mol. The van der Waals surface area contributed by atoms with Crippen LogP contribution in [0.1, 0.15) is 16.8 Å². The summed E-state index contributed by atoms with van der Waals surface area (Å²) in [7, 11) is 0. The second kappa shape index (κ2) is 4.53. The SMILES string of the molecule is O=C(c1cc(Cl)nnc1Cl)N1CC[C@@H](O)C1. The van der Waals surface area contributed by atoms with Crippen LogP contribution >= 0.6 is 23.2 Å². The highest BCUT2D eigenvalue weighted by Crippen LogP contribution is 2.20. The summed E-state index contributed by atoms with van der Waals surface area (Å²) in [6.07, 6.45) is 0.114. The van der Waals surface area contributed by atoms with Gasteiger partial charge in [-0.2, -0.15) is 0 Å². The summed E-state index contributed by atoms with van der Waals surface area (Å²) in [5.41, 5.74) is 0.218. The molecule has 0 radical (unpaired) electrons. The molecular weight excluding hydrogens is 253 g/mol. The fourth-order valence-electron chi connectivity index (χ4n) is 1.60. The number of aliphatic hydroxyl groups is 1. The molecule has 0 unspecified atom stereocenters. The molecule has 0 spiro atoms. The van der Waals surface area contributed by atoms with Gasteiger partial charge in [0.05, 0.1) is 11.7 Å². The predicted octanol–water partition coefficient (Wildman–Crippen LogP) is 0.990. The molecule has 0 aliphatic carbocycles. The van der Waals surface area contributed by atoms with E-state index in [1.807, 2.05) is 0 Å². The van der Waals surface area contributed by atoms with Crippen molar-refractivity contribution in [3.05, 3.63) is 21.9 Å². The monoisotopic (exact) mass is 261 g/mol. The van der Waals surface area contributed by atoms with E-state index in [2.05, 4.69) is 10.2 Å². The van der Waals surface area contributed by atoms with Crippen molar-refractivity contribution in [3.8, 4) is 0 Å². The molecule has 1 aliphatic heterocycles. The summed E-state index contributed by atoms with van der Waals surface area (Å²) in [6.45, 7) is 0.825. The third-order valence-electron chi connectivity index (χ3n) is 2.40. The number of hydrogen-bond acceptors (Lipinski definition) is 4. The average Bonchev–Trinajstić information content (AvgIpc) is 2.67. The smallest absolute Gasteiger partial charge is 0.257 e. The predicted molar refractivity (Wildman–Crippen MR) is 58.6 cm³/mol. The third-order valence-corrected chi connectivity index (χ3v) is 2.86. The summed E-state index contributed by atoms with van der Waals surface area (Å²) >= 11 is 11.4. The summed E-state index contributed by atoms with van der Waals surface area (Å²) in [4.78, 5) is 13.5. The Labute approximate surface area is 102 Å². The molecule has 1 aliphatic rings. The van der Waals surface area contributed by atoms with Crippen molar-refractivity contribution in [1.82, 2.24) is 15.1 Å². The van der Waals surface area contributed by atoms with E-state index in [4.69, 9.17) is 23.2 Å². The third kappa shape index (κ3) is 2.26. The van der Waals surface area contributed by atoms with Crippen LogP contribution < -0.4 is 0 Å². The summed E-state index contributed by atoms with van der Waals surface area (Å²) < 4.78 is 0. The molecule has 16 heavy (non-hydrogen) atoms. The summed E-state index contributed by atoms with van der Waals surface area (Å²) in [5, 5.41) is 16.6. The number of aliphatic hydroxyl groups excluding tert-OH is 1. The van der Waals surface area contributed by atoms with Crippen LogP contribution in [0.2, 0.25) is 10.3 Å². The lowest BCUT2D eigenvalue weighted by atomic mass is 10.3. The molecule has 0 saturated carbocycles. The molecule has 2 heterocycles. The minimum absolute atomic E-state index is 0.0239. The van der Waals surface area contributed by atoms with Crippen LogP contribution in [-0.4, -0.2) is 45.3 Å².